The van der Waals surface area contributed by atoms with Crippen molar-refractivity contribution in [1.82, 2.24) is 10.3 Å². The Morgan fingerprint density at radius 2 is 2.11 bits per heavy atom. The number of benzene rings is 1. The number of aryl methyl sites for hydroxylation is 1. The maximum absolute atomic E-state index is 6.07. The zero-order chi connectivity index (χ0) is 13.8. The van der Waals surface area contributed by atoms with Gasteiger partial charge in [0.05, 0.1) is 10.0 Å². The normalized spacial score (nSPS) is 12.6. The van der Waals surface area contributed by atoms with Gasteiger partial charge in [-0.15, -0.1) is 11.3 Å². The molecule has 19 heavy (non-hydrogen) atoms. The number of thiazole rings is 1. The minimum atomic E-state index is 0.263. The summed E-state index contributed by atoms with van der Waals surface area (Å²) in [6, 6.07) is 6.05. The maximum atomic E-state index is 6.07. The minimum Gasteiger partial charge on any atom is -0.304 e. The van der Waals surface area contributed by atoms with E-state index in [9.17, 15) is 0 Å². The summed E-state index contributed by atoms with van der Waals surface area (Å²) in [5, 5.41) is 5.81. The fraction of sp³-hybridized carbons (Fsp3) is 0.357. The molecule has 102 valence electrons. The smallest absolute Gasteiger partial charge is 0.107 e. The number of hydrogen-bond acceptors (Lipinski definition) is 3. The zero-order valence-electron chi connectivity index (χ0n) is 10.9. The number of aromatic nitrogens is 1. The van der Waals surface area contributed by atoms with Crippen molar-refractivity contribution >= 4 is 34.5 Å². The Morgan fingerprint density at radius 1 is 1.32 bits per heavy atom. The standard InChI is InChI=1S/C14H16Cl2N2S/c1-3-13(10-4-5-11(15)12(16)6-10)17-8-14-18-7-9(2)19-14/h4-7,13,17H,3,8H2,1-2H3. The molecule has 0 saturated carbocycles. The van der Waals surface area contributed by atoms with Crippen LogP contribution in [-0.2, 0) is 6.54 Å². The van der Waals surface area contributed by atoms with Gasteiger partial charge in [-0.1, -0.05) is 36.2 Å². The molecule has 0 fully saturated rings. The first-order valence-corrected chi connectivity index (χ1v) is 7.77. The number of rotatable bonds is 5. The van der Waals surface area contributed by atoms with Crippen molar-refractivity contribution in [3.63, 3.8) is 0 Å². The van der Waals surface area contributed by atoms with Crippen LogP contribution in [0.5, 0.6) is 0 Å². The molecule has 1 aromatic heterocycles. The summed E-state index contributed by atoms with van der Waals surface area (Å²) >= 11 is 13.7. The third-order valence-electron chi connectivity index (χ3n) is 2.92. The molecule has 0 spiro atoms. The topological polar surface area (TPSA) is 24.9 Å². The Labute approximate surface area is 127 Å². The quantitative estimate of drug-likeness (QED) is 0.840. The van der Waals surface area contributed by atoms with E-state index in [1.165, 1.54) is 4.88 Å². The van der Waals surface area contributed by atoms with Crippen LogP contribution in [0.4, 0.5) is 0 Å². The summed E-state index contributed by atoms with van der Waals surface area (Å²) in [5.41, 5.74) is 1.16. The number of hydrogen-bond donors (Lipinski definition) is 1. The second kappa shape index (κ2) is 6.71. The third-order valence-corrected chi connectivity index (χ3v) is 4.57. The molecular formula is C14H16Cl2N2S. The van der Waals surface area contributed by atoms with E-state index in [1.54, 1.807) is 11.3 Å². The summed E-state index contributed by atoms with van der Waals surface area (Å²) in [7, 11) is 0. The van der Waals surface area contributed by atoms with Crippen molar-refractivity contribution in [1.29, 1.82) is 0 Å². The number of halogens is 2. The molecule has 1 unspecified atom stereocenters. The van der Waals surface area contributed by atoms with Gasteiger partial charge in [-0.2, -0.15) is 0 Å². The second-order valence-corrected chi connectivity index (χ2v) is 6.51. The molecular weight excluding hydrogens is 299 g/mol. The van der Waals surface area contributed by atoms with E-state index >= 15 is 0 Å². The van der Waals surface area contributed by atoms with Gasteiger partial charge in [-0.3, -0.25) is 0 Å². The molecule has 2 aromatic rings. The Bertz CT molecular complexity index is 554. The zero-order valence-corrected chi connectivity index (χ0v) is 13.2. The van der Waals surface area contributed by atoms with Crippen LogP contribution in [0, 0.1) is 6.92 Å². The van der Waals surface area contributed by atoms with Gasteiger partial charge in [-0.05, 0) is 31.0 Å². The summed E-state index contributed by atoms with van der Waals surface area (Å²) in [5.74, 6) is 0. The second-order valence-electron chi connectivity index (χ2n) is 4.38. The van der Waals surface area contributed by atoms with Gasteiger partial charge in [0.1, 0.15) is 5.01 Å². The molecule has 2 nitrogen and oxygen atoms in total. The lowest BCUT2D eigenvalue weighted by Crippen LogP contribution is -2.20. The van der Waals surface area contributed by atoms with Crippen molar-refractivity contribution in [2.45, 2.75) is 32.9 Å². The fourth-order valence-electron chi connectivity index (χ4n) is 1.92. The summed E-state index contributed by atoms with van der Waals surface area (Å²) in [6.07, 6.45) is 2.89. The highest BCUT2D eigenvalue weighted by atomic mass is 35.5. The van der Waals surface area contributed by atoms with Gasteiger partial charge >= 0.3 is 0 Å². The molecule has 1 heterocycles. The van der Waals surface area contributed by atoms with Crippen LogP contribution >= 0.6 is 34.5 Å². The average Bonchev–Trinajstić information content (AvgIpc) is 2.80. The van der Waals surface area contributed by atoms with Gasteiger partial charge in [-0.25, -0.2) is 4.98 Å². The molecule has 2 rings (SSSR count). The molecule has 0 amide bonds. The van der Waals surface area contributed by atoms with Gasteiger partial charge in [0.2, 0.25) is 0 Å². The van der Waals surface area contributed by atoms with Crippen molar-refractivity contribution in [2.24, 2.45) is 0 Å². The van der Waals surface area contributed by atoms with E-state index in [0.29, 0.717) is 10.0 Å². The monoisotopic (exact) mass is 314 g/mol. The van der Waals surface area contributed by atoms with Crippen molar-refractivity contribution in [3.8, 4) is 0 Å². The highest BCUT2D eigenvalue weighted by Crippen LogP contribution is 2.27. The van der Waals surface area contributed by atoms with Crippen LogP contribution in [0.25, 0.3) is 0 Å². The van der Waals surface area contributed by atoms with Gasteiger partial charge in [0, 0.05) is 23.7 Å². The number of nitrogens with zero attached hydrogens (tertiary/aromatic N) is 1. The third kappa shape index (κ3) is 3.93. The molecule has 0 bridgehead atoms. The number of nitrogens with one attached hydrogen (secondary N) is 1. The molecule has 5 heteroatoms. The van der Waals surface area contributed by atoms with Crippen LogP contribution in [0.1, 0.15) is 34.8 Å². The van der Waals surface area contributed by atoms with Crippen LogP contribution in [0.2, 0.25) is 10.0 Å². The summed E-state index contributed by atoms with van der Waals surface area (Å²) in [4.78, 5) is 5.59. The van der Waals surface area contributed by atoms with E-state index in [-0.39, 0.29) is 6.04 Å². The van der Waals surface area contributed by atoms with Gasteiger partial charge in [0.25, 0.3) is 0 Å². The van der Waals surface area contributed by atoms with E-state index in [4.69, 9.17) is 23.2 Å². The van der Waals surface area contributed by atoms with Crippen molar-refractivity contribution in [3.05, 3.63) is 49.9 Å². The molecule has 0 aliphatic heterocycles. The highest BCUT2D eigenvalue weighted by Gasteiger charge is 2.11. The van der Waals surface area contributed by atoms with Gasteiger partial charge < -0.3 is 5.32 Å². The lowest BCUT2D eigenvalue weighted by atomic mass is 10.0. The van der Waals surface area contributed by atoms with Crippen LogP contribution in [0.3, 0.4) is 0 Å². The van der Waals surface area contributed by atoms with Crippen LogP contribution in [-0.4, -0.2) is 4.98 Å². The summed E-state index contributed by atoms with van der Waals surface area (Å²) < 4.78 is 0. The largest absolute Gasteiger partial charge is 0.304 e. The van der Waals surface area contributed by atoms with Crippen molar-refractivity contribution < 1.29 is 0 Å². The average molecular weight is 315 g/mol. The molecule has 1 N–H and O–H groups in total. The molecule has 1 aromatic carbocycles. The predicted molar refractivity (Wildman–Crippen MR) is 83.2 cm³/mol. The Morgan fingerprint density at radius 3 is 2.68 bits per heavy atom. The molecule has 1 atom stereocenters. The minimum absolute atomic E-state index is 0.263. The maximum Gasteiger partial charge on any atom is 0.107 e. The van der Waals surface area contributed by atoms with E-state index in [1.807, 2.05) is 24.4 Å². The Kier molecular flexibility index (Phi) is 5.22. The first-order chi connectivity index (χ1) is 9.10. The Balaban J connectivity index is 2.05. The fourth-order valence-corrected chi connectivity index (χ4v) is 2.97. The van der Waals surface area contributed by atoms with Gasteiger partial charge in [0.15, 0.2) is 0 Å². The lowest BCUT2D eigenvalue weighted by molar-refractivity contribution is 0.518. The Hall–Kier alpha value is -0.610. The first-order valence-electron chi connectivity index (χ1n) is 6.19. The van der Waals surface area contributed by atoms with E-state index in [2.05, 4.69) is 24.1 Å². The predicted octanol–water partition coefficient (Wildman–Crippen LogP) is 5.00. The van der Waals surface area contributed by atoms with Crippen molar-refractivity contribution in [2.75, 3.05) is 0 Å². The molecule has 0 radical (unpaired) electrons. The molecule has 0 aliphatic carbocycles. The van der Waals surface area contributed by atoms with Crippen LogP contribution in [0.15, 0.2) is 24.4 Å². The first kappa shape index (κ1) is 14.8. The highest BCUT2D eigenvalue weighted by molar-refractivity contribution is 7.11. The molecule has 0 aliphatic rings. The van der Waals surface area contributed by atoms with E-state index < -0.39 is 0 Å². The van der Waals surface area contributed by atoms with E-state index in [0.717, 1.165) is 23.5 Å². The lowest BCUT2D eigenvalue weighted by Gasteiger charge is -2.17. The molecule has 0 saturated heterocycles. The SMILES string of the molecule is CCC(NCc1ncc(C)s1)c1ccc(Cl)c(Cl)c1. The summed E-state index contributed by atoms with van der Waals surface area (Å²) in [6.45, 7) is 4.99. The van der Waals surface area contributed by atoms with Crippen LogP contribution < -0.4 is 5.32 Å².